The molecule has 68 valence electrons. The average molecular weight is 170 g/mol. The summed E-state index contributed by atoms with van der Waals surface area (Å²) in [5, 5.41) is 3.73. The lowest BCUT2D eigenvalue weighted by Crippen LogP contribution is -1.95. The van der Waals surface area contributed by atoms with E-state index in [4.69, 9.17) is 15.0 Å². The molecule has 0 aliphatic carbocycles. The third-order valence-electron chi connectivity index (χ3n) is 1.41. The summed E-state index contributed by atoms with van der Waals surface area (Å²) in [6.07, 6.45) is 1.01. The molecule has 1 aromatic heterocycles. The highest BCUT2D eigenvalue weighted by Gasteiger charge is 2.01. The van der Waals surface area contributed by atoms with Crippen LogP contribution in [0.4, 0.5) is 0 Å². The number of ether oxygens (including phenoxy) is 1. The van der Waals surface area contributed by atoms with Crippen molar-refractivity contribution >= 4 is 0 Å². The maximum atomic E-state index is 5.35. The lowest BCUT2D eigenvalue weighted by molar-refractivity contribution is 0.102. The van der Waals surface area contributed by atoms with Crippen molar-refractivity contribution in [1.82, 2.24) is 5.16 Å². The zero-order valence-corrected chi connectivity index (χ0v) is 7.25. The van der Waals surface area contributed by atoms with E-state index in [1.54, 1.807) is 0 Å². The predicted molar refractivity (Wildman–Crippen MR) is 44.3 cm³/mol. The summed E-state index contributed by atoms with van der Waals surface area (Å²) in [6, 6.07) is 1.82. The molecule has 1 heterocycles. The van der Waals surface area contributed by atoms with Gasteiger partial charge in [-0.3, -0.25) is 0 Å². The highest BCUT2D eigenvalue weighted by atomic mass is 16.5. The molecule has 0 unspecified atom stereocenters. The van der Waals surface area contributed by atoms with Gasteiger partial charge in [-0.1, -0.05) is 12.1 Å². The Balaban J connectivity index is 2.31. The smallest absolute Gasteiger partial charge is 0.162 e. The number of nitrogens with zero attached hydrogens (tertiary/aromatic N) is 1. The van der Waals surface area contributed by atoms with E-state index in [2.05, 4.69) is 12.1 Å². The molecule has 0 aliphatic heterocycles. The van der Waals surface area contributed by atoms with Gasteiger partial charge >= 0.3 is 0 Å². The monoisotopic (exact) mass is 170 g/mol. The van der Waals surface area contributed by atoms with E-state index in [-0.39, 0.29) is 0 Å². The maximum Gasteiger partial charge on any atom is 0.162 e. The fraction of sp³-hybridized carbons (Fsp3) is 0.625. The van der Waals surface area contributed by atoms with Crippen LogP contribution in [-0.4, -0.2) is 11.8 Å². The van der Waals surface area contributed by atoms with E-state index in [0.29, 0.717) is 13.2 Å². The second-order valence-corrected chi connectivity index (χ2v) is 2.54. The van der Waals surface area contributed by atoms with Crippen LogP contribution in [0.3, 0.4) is 0 Å². The van der Waals surface area contributed by atoms with Crippen molar-refractivity contribution in [3.8, 4) is 0 Å². The Morgan fingerprint density at radius 2 is 2.50 bits per heavy atom. The largest absolute Gasteiger partial charge is 0.373 e. The normalized spacial score (nSPS) is 10.5. The summed E-state index contributed by atoms with van der Waals surface area (Å²) in [5.74, 6) is 0.740. The van der Waals surface area contributed by atoms with Crippen molar-refractivity contribution in [2.45, 2.75) is 26.5 Å². The molecule has 2 N–H and O–H groups in total. The molecular formula is C8H14N2O2. The first kappa shape index (κ1) is 9.22. The molecule has 0 saturated carbocycles. The van der Waals surface area contributed by atoms with Gasteiger partial charge < -0.3 is 15.0 Å². The summed E-state index contributed by atoms with van der Waals surface area (Å²) >= 11 is 0. The highest BCUT2D eigenvalue weighted by molar-refractivity contribution is 5.03. The van der Waals surface area contributed by atoms with Crippen molar-refractivity contribution in [2.75, 3.05) is 6.61 Å². The Kier molecular flexibility index (Phi) is 3.76. The first-order valence-electron chi connectivity index (χ1n) is 4.09. The molecule has 0 spiro atoms. The molecule has 0 fully saturated rings. The van der Waals surface area contributed by atoms with Crippen LogP contribution in [0, 0.1) is 0 Å². The lowest BCUT2D eigenvalue weighted by Gasteiger charge is -1.95. The second-order valence-electron chi connectivity index (χ2n) is 2.54. The van der Waals surface area contributed by atoms with Gasteiger partial charge in [-0.25, -0.2) is 0 Å². The topological polar surface area (TPSA) is 61.3 Å². The minimum Gasteiger partial charge on any atom is -0.373 e. The van der Waals surface area contributed by atoms with Crippen LogP contribution in [0.25, 0.3) is 0 Å². The molecule has 1 aromatic rings. The van der Waals surface area contributed by atoms with Gasteiger partial charge in [-0.15, -0.1) is 0 Å². The maximum absolute atomic E-state index is 5.35. The standard InChI is InChI=1S/C8H14N2O2/c1-2-3-11-6-8-4-7(5-9)10-12-8/h4H,2-3,5-6,9H2,1H3. The highest BCUT2D eigenvalue weighted by Crippen LogP contribution is 2.04. The Hall–Kier alpha value is -0.870. The minimum atomic E-state index is 0.414. The first-order chi connectivity index (χ1) is 5.86. The predicted octanol–water partition coefficient (Wildman–Crippen LogP) is 1.06. The van der Waals surface area contributed by atoms with E-state index in [1.165, 1.54) is 0 Å². The Labute approximate surface area is 71.7 Å². The van der Waals surface area contributed by atoms with Crippen LogP contribution >= 0.6 is 0 Å². The second kappa shape index (κ2) is 4.90. The van der Waals surface area contributed by atoms with Crippen LogP contribution in [0.2, 0.25) is 0 Å². The van der Waals surface area contributed by atoms with Gasteiger partial charge in [0, 0.05) is 19.2 Å². The zero-order valence-electron chi connectivity index (χ0n) is 7.25. The minimum absolute atomic E-state index is 0.414. The van der Waals surface area contributed by atoms with Crippen molar-refractivity contribution in [2.24, 2.45) is 5.73 Å². The van der Waals surface area contributed by atoms with Crippen molar-refractivity contribution in [1.29, 1.82) is 0 Å². The zero-order chi connectivity index (χ0) is 8.81. The summed E-state index contributed by atoms with van der Waals surface area (Å²) < 4.78 is 10.2. The molecule has 0 aliphatic rings. The van der Waals surface area contributed by atoms with Crippen LogP contribution in [0.15, 0.2) is 10.6 Å². The first-order valence-corrected chi connectivity index (χ1v) is 4.09. The molecule has 0 amide bonds. The molecule has 4 heteroatoms. The van der Waals surface area contributed by atoms with Crippen LogP contribution in [-0.2, 0) is 17.9 Å². The number of hydrogen-bond donors (Lipinski definition) is 1. The average Bonchev–Trinajstić information content (AvgIpc) is 2.53. The van der Waals surface area contributed by atoms with Gasteiger partial charge in [0.25, 0.3) is 0 Å². The van der Waals surface area contributed by atoms with Gasteiger partial charge in [0.2, 0.25) is 0 Å². The van der Waals surface area contributed by atoms with E-state index in [9.17, 15) is 0 Å². The Morgan fingerprint density at radius 1 is 1.67 bits per heavy atom. The number of nitrogens with two attached hydrogens (primary N) is 1. The molecule has 0 aromatic carbocycles. The van der Waals surface area contributed by atoms with Gasteiger partial charge in [0.1, 0.15) is 6.61 Å². The van der Waals surface area contributed by atoms with Crippen LogP contribution in [0.1, 0.15) is 24.8 Å². The number of hydrogen-bond acceptors (Lipinski definition) is 4. The van der Waals surface area contributed by atoms with Gasteiger partial charge in [-0.2, -0.15) is 0 Å². The van der Waals surface area contributed by atoms with Gasteiger partial charge in [-0.05, 0) is 6.42 Å². The fourth-order valence-electron chi connectivity index (χ4n) is 0.837. The van der Waals surface area contributed by atoms with Crippen molar-refractivity contribution < 1.29 is 9.26 Å². The quantitative estimate of drug-likeness (QED) is 0.671. The third-order valence-corrected chi connectivity index (χ3v) is 1.41. The van der Waals surface area contributed by atoms with Crippen molar-refractivity contribution in [3.63, 3.8) is 0 Å². The van der Waals surface area contributed by atoms with E-state index in [1.807, 2.05) is 6.07 Å². The fourth-order valence-corrected chi connectivity index (χ4v) is 0.837. The molecule has 4 nitrogen and oxygen atoms in total. The van der Waals surface area contributed by atoms with Crippen molar-refractivity contribution in [3.05, 3.63) is 17.5 Å². The van der Waals surface area contributed by atoms with E-state index in [0.717, 1.165) is 24.5 Å². The summed E-state index contributed by atoms with van der Waals surface area (Å²) in [7, 11) is 0. The summed E-state index contributed by atoms with van der Waals surface area (Å²) in [6.45, 7) is 3.71. The van der Waals surface area contributed by atoms with Crippen LogP contribution < -0.4 is 5.73 Å². The molecule has 12 heavy (non-hydrogen) atoms. The number of rotatable bonds is 5. The molecule has 1 rings (SSSR count). The van der Waals surface area contributed by atoms with Gasteiger partial charge in [0.15, 0.2) is 5.76 Å². The van der Waals surface area contributed by atoms with E-state index < -0.39 is 0 Å². The SMILES string of the molecule is CCCOCc1cc(CN)no1. The number of aromatic nitrogens is 1. The molecular weight excluding hydrogens is 156 g/mol. The molecule has 0 bridgehead atoms. The molecule has 0 saturated heterocycles. The van der Waals surface area contributed by atoms with E-state index >= 15 is 0 Å². The van der Waals surface area contributed by atoms with Crippen LogP contribution in [0.5, 0.6) is 0 Å². The lowest BCUT2D eigenvalue weighted by atomic mass is 10.4. The Morgan fingerprint density at radius 3 is 3.08 bits per heavy atom. The third kappa shape index (κ3) is 2.64. The van der Waals surface area contributed by atoms with Gasteiger partial charge in [0.05, 0.1) is 5.69 Å². The Bertz CT molecular complexity index is 223. The summed E-state index contributed by atoms with van der Waals surface area (Å²) in [4.78, 5) is 0. The molecule has 0 atom stereocenters. The molecule has 0 radical (unpaired) electrons. The summed E-state index contributed by atoms with van der Waals surface area (Å²) in [5.41, 5.74) is 6.12.